The number of amides is 1. The molecule has 348 valence electrons. The van der Waals surface area contributed by atoms with Crippen molar-refractivity contribution in [3.8, 4) is 33.8 Å². The molecule has 2 aromatic heterocycles. The van der Waals surface area contributed by atoms with Gasteiger partial charge in [-0.2, -0.15) is 26.3 Å². The Bertz CT molecular complexity index is 2630. The van der Waals surface area contributed by atoms with Crippen LogP contribution in [0.2, 0.25) is 0 Å². The quantitative estimate of drug-likeness (QED) is 0.127. The summed E-state index contributed by atoms with van der Waals surface area (Å²) in [4.78, 5) is 47.2. The molecular weight excluding hydrogens is 920 g/mol. The first-order valence-electron chi connectivity index (χ1n) is 17.3. The highest BCUT2D eigenvalue weighted by Gasteiger charge is 2.33. The lowest BCUT2D eigenvalue weighted by Gasteiger charge is -2.18. The number of benzene rings is 4. The van der Waals surface area contributed by atoms with Gasteiger partial charge in [0.2, 0.25) is 5.91 Å². The minimum absolute atomic E-state index is 0. The number of ether oxygens (including phenoxy) is 2. The van der Waals surface area contributed by atoms with Crippen molar-refractivity contribution in [3.05, 3.63) is 106 Å². The second kappa shape index (κ2) is 20.7. The van der Waals surface area contributed by atoms with Gasteiger partial charge in [0.1, 0.15) is 31.1 Å². The number of carboxylic acid groups (broad SMARTS) is 1. The van der Waals surface area contributed by atoms with Gasteiger partial charge >= 0.3 is 42.6 Å². The van der Waals surface area contributed by atoms with Gasteiger partial charge < -0.3 is 33.6 Å². The van der Waals surface area contributed by atoms with E-state index in [1.807, 2.05) is 5.32 Å². The van der Waals surface area contributed by atoms with Gasteiger partial charge in [0.05, 0.1) is 17.6 Å². The lowest BCUT2D eigenvalue weighted by atomic mass is 10.1. The van der Waals surface area contributed by atoms with Gasteiger partial charge in [-0.15, -0.1) is 38.7 Å². The molecule has 0 unspecified atom stereocenters. The van der Waals surface area contributed by atoms with Crippen molar-refractivity contribution < 1.29 is 85.7 Å². The lowest BCUT2D eigenvalue weighted by Crippen LogP contribution is -2.38. The molecule has 0 radical (unpaired) electrons. The van der Waals surface area contributed by atoms with E-state index in [4.69, 9.17) is 13.9 Å². The van der Waals surface area contributed by atoms with E-state index in [1.54, 1.807) is 6.07 Å². The molecule has 6 aromatic rings. The summed E-state index contributed by atoms with van der Waals surface area (Å²) in [6.07, 6.45) is -18.3. The van der Waals surface area contributed by atoms with E-state index in [2.05, 4.69) is 9.47 Å². The molecule has 2 heterocycles. The monoisotopic (exact) mass is 950 g/mol. The Labute approximate surface area is 356 Å². The molecule has 6 rings (SSSR count). The van der Waals surface area contributed by atoms with Gasteiger partial charge in [0.25, 0.3) is 0 Å². The van der Waals surface area contributed by atoms with Crippen LogP contribution in [0.3, 0.4) is 0 Å². The van der Waals surface area contributed by atoms with Crippen molar-refractivity contribution in [1.29, 1.82) is 0 Å². The summed E-state index contributed by atoms with van der Waals surface area (Å²) in [6.45, 7) is -3.63. The number of aliphatic carboxylic acids is 1. The minimum Gasteiger partial charge on any atom is -0.480 e. The first-order valence-corrected chi connectivity index (χ1v) is 17.3. The third-order valence-corrected chi connectivity index (χ3v) is 7.98. The van der Waals surface area contributed by atoms with Crippen LogP contribution in [0.1, 0.15) is 0 Å². The van der Waals surface area contributed by atoms with E-state index in [-0.39, 0.29) is 40.4 Å². The molecule has 0 aliphatic rings. The lowest BCUT2D eigenvalue weighted by molar-refractivity contribution is -0.275. The molecule has 26 heteroatoms. The van der Waals surface area contributed by atoms with Gasteiger partial charge in [-0.1, -0.05) is 36.4 Å². The second-order valence-electron chi connectivity index (χ2n) is 12.8. The van der Waals surface area contributed by atoms with Crippen molar-refractivity contribution in [3.63, 3.8) is 0 Å². The third kappa shape index (κ3) is 15.6. The average molecular weight is 951 g/mol. The van der Waals surface area contributed by atoms with Crippen LogP contribution in [0.25, 0.3) is 44.5 Å². The summed E-state index contributed by atoms with van der Waals surface area (Å²) < 4.78 is 163. The van der Waals surface area contributed by atoms with E-state index >= 15 is 0 Å². The molecule has 0 atom stereocenters. The number of nitrogens with one attached hydrogen (secondary N) is 1. The van der Waals surface area contributed by atoms with Gasteiger partial charge in [-0.25, -0.2) is 9.59 Å². The number of fused-ring (bicyclic) bond motifs is 2. The average Bonchev–Trinajstić information content (AvgIpc) is 3.63. The van der Waals surface area contributed by atoms with Gasteiger partial charge in [-0.05, 0) is 77.8 Å². The topological polar surface area (TPSA) is 158 Å². The molecule has 0 spiro atoms. The first-order chi connectivity index (χ1) is 29.1. The summed E-state index contributed by atoms with van der Waals surface area (Å²) in [5, 5.41) is 10.9. The normalized spacial score (nSPS) is 11.8. The van der Waals surface area contributed by atoms with Crippen LogP contribution in [0, 0.1) is 0 Å². The number of oxazole rings is 2. The highest BCUT2D eigenvalue weighted by Crippen LogP contribution is 2.30. The highest BCUT2D eigenvalue weighted by atomic mass is 35.5. The van der Waals surface area contributed by atoms with Crippen LogP contribution in [0.5, 0.6) is 11.5 Å². The number of carbonyl (C=O) groups is 2. The van der Waals surface area contributed by atoms with Gasteiger partial charge in [0.15, 0.2) is 11.2 Å². The number of carboxylic acids is 1. The van der Waals surface area contributed by atoms with E-state index in [0.717, 1.165) is 40.4 Å². The van der Waals surface area contributed by atoms with Crippen LogP contribution >= 0.6 is 12.4 Å². The second-order valence-corrected chi connectivity index (χ2v) is 12.8. The number of hydrogen-bond donors (Lipinski definition) is 2. The van der Waals surface area contributed by atoms with Gasteiger partial charge in [0, 0.05) is 7.05 Å². The van der Waals surface area contributed by atoms with Crippen molar-refractivity contribution >= 4 is 46.5 Å². The Balaban J connectivity index is 0.000000297. The predicted molar refractivity (Wildman–Crippen MR) is 204 cm³/mol. The Morgan fingerprint density at radius 2 is 1.00 bits per heavy atom. The largest absolute Gasteiger partial charge is 0.573 e. The van der Waals surface area contributed by atoms with Crippen molar-refractivity contribution in [2.75, 3.05) is 27.2 Å². The van der Waals surface area contributed by atoms with Crippen molar-refractivity contribution in [2.24, 2.45) is 0 Å². The number of aromatic nitrogens is 2. The van der Waals surface area contributed by atoms with E-state index < -0.39 is 80.4 Å². The zero-order valence-electron chi connectivity index (χ0n) is 32.4. The Hall–Kier alpha value is -6.63. The van der Waals surface area contributed by atoms with E-state index in [0.29, 0.717) is 27.2 Å². The smallest absolute Gasteiger partial charge is 0.480 e. The molecule has 1 amide bonds. The van der Waals surface area contributed by atoms with Crippen molar-refractivity contribution in [1.82, 2.24) is 19.4 Å². The number of likely N-dealkylation sites (N-methyl/N-ethyl adjacent to an activating group) is 1. The summed E-state index contributed by atoms with van der Waals surface area (Å²) >= 11 is 0. The van der Waals surface area contributed by atoms with E-state index in [1.165, 1.54) is 61.6 Å². The number of halogens is 13. The fourth-order valence-corrected chi connectivity index (χ4v) is 5.43. The molecule has 4 aromatic carbocycles. The summed E-state index contributed by atoms with van der Waals surface area (Å²) in [5.74, 6) is -4.68. The number of alkyl halides is 12. The van der Waals surface area contributed by atoms with Crippen LogP contribution in [-0.4, -0.2) is 83.3 Å². The standard InChI is InChI=1S/C19H14F6N2O4.C16H10F3NO5.C3H6F3N.ClH/c1-26(10-18(20,21)22)16(28)9-27-14-8-12(4-7-15(14)30-17(27)29)11-2-5-13(6-3-11)31-19(23,24)25;17-16(18,19)25-11-4-1-9(2-5-11)10-3-6-13-12(7-10)20(8-14(21)22)15(23)24-13;1-7-2-3(4,5)6;/h2-8H,9-10H2,1H3;1-7H,8H2,(H,21,22);7H,2H2,1H3;1H. The van der Waals surface area contributed by atoms with Crippen molar-refractivity contribution in [2.45, 2.75) is 38.2 Å². The summed E-state index contributed by atoms with van der Waals surface area (Å²) in [6, 6.07) is 19.1. The number of carbonyl (C=O) groups excluding carboxylic acids is 1. The first kappa shape index (κ1) is 51.7. The number of rotatable bonds is 10. The maximum Gasteiger partial charge on any atom is 0.573 e. The molecule has 0 saturated heterocycles. The molecular formula is C38H31ClF12N4O9. The molecule has 0 bridgehead atoms. The fraction of sp³-hybridized carbons (Fsp3) is 0.263. The Morgan fingerprint density at radius 3 is 1.31 bits per heavy atom. The molecule has 64 heavy (non-hydrogen) atoms. The number of nitrogens with zero attached hydrogens (tertiary/aromatic N) is 3. The van der Waals surface area contributed by atoms with Crippen LogP contribution in [0.4, 0.5) is 52.7 Å². The van der Waals surface area contributed by atoms with Gasteiger partial charge in [-0.3, -0.25) is 18.7 Å². The zero-order valence-corrected chi connectivity index (χ0v) is 33.2. The maximum atomic E-state index is 12.5. The number of hydrogen-bond acceptors (Lipinski definition) is 9. The highest BCUT2D eigenvalue weighted by molar-refractivity contribution is 5.85. The minimum atomic E-state index is -4.83. The fourth-order valence-electron chi connectivity index (χ4n) is 5.43. The zero-order chi connectivity index (χ0) is 47.1. The van der Waals surface area contributed by atoms with Crippen LogP contribution < -0.4 is 26.3 Å². The van der Waals surface area contributed by atoms with Crippen LogP contribution in [-0.2, 0) is 22.7 Å². The maximum absolute atomic E-state index is 12.5. The Morgan fingerprint density at radius 1 is 0.625 bits per heavy atom. The molecule has 0 aliphatic carbocycles. The molecule has 0 fully saturated rings. The SMILES string of the molecule is CN(CC(F)(F)F)C(=O)Cn1c(=O)oc2ccc(-c3ccc(OC(F)(F)F)cc3)cc21.CNCC(F)(F)F.Cl.O=C(O)Cn1c(=O)oc2ccc(-c3ccc(OC(F)(F)F)cc3)cc21. The van der Waals surface area contributed by atoms with Crippen LogP contribution in [0.15, 0.2) is 103 Å². The third-order valence-electron chi connectivity index (χ3n) is 7.98. The predicted octanol–water partition coefficient (Wildman–Crippen LogP) is 8.62. The van der Waals surface area contributed by atoms with E-state index in [9.17, 15) is 71.9 Å². The molecule has 0 saturated carbocycles. The molecule has 2 N–H and O–H groups in total. The summed E-state index contributed by atoms with van der Waals surface area (Å²) in [7, 11) is 2.21. The molecule has 13 nitrogen and oxygen atoms in total. The Kier molecular flexibility index (Phi) is 16.7. The molecule has 0 aliphatic heterocycles. The summed E-state index contributed by atoms with van der Waals surface area (Å²) in [5.41, 5.74) is 2.81.